The minimum absolute atomic E-state index is 0. The summed E-state index contributed by atoms with van der Waals surface area (Å²) in [6.45, 7) is 2.24. The summed E-state index contributed by atoms with van der Waals surface area (Å²) in [5, 5.41) is -1.44. The SMILES string of the molecule is CCCCCCCCCCCCCCCCC(c1nc2ccccc2c(=O)n1NC(N)=S)S(=O)(=O)[O-].[Na+]. The van der Waals surface area contributed by atoms with Crippen molar-refractivity contribution >= 4 is 38.4 Å². The number of thiocarbonyl (C=S) groups is 1. The number of nitrogens with zero attached hydrogens (tertiary/aromatic N) is 2. The second kappa shape index (κ2) is 18.3. The van der Waals surface area contributed by atoms with Crippen molar-refractivity contribution in [1.82, 2.24) is 9.66 Å². The van der Waals surface area contributed by atoms with Crippen molar-refractivity contribution in [2.45, 2.75) is 108 Å². The van der Waals surface area contributed by atoms with Gasteiger partial charge < -0.3 is 10.3 Å². The van der Waals surface area contributed by atoms with Gasteiger partial charge in [-0.15, -0.1) is 0 Å². The molecule has 3 N–H and O–H groups in total. The molecule has 0 radical (unpaired) electrons. The maximum atomic E-state index is 13.0. The number of nitrogens with one attached hydrogen (secondary N) is 1. The number of rotatable bonds is 18. The Kier molecular flexibility index (Phi) is 16.8. The Hall–Kier alpha value is -1.04. The van der Waals surface area contributed by atoms with Crippen molar-refractivity contribution in [2.75, 3.05) is 5.43 Å². The first-order chi connectivity index (χ1) is 17.3. The Morgan fingerprint density at radius 2 is 1.46 bits per heavy atom. The zero-order valence-corrected chi connectivity index (χ0v) is 26.0. The molecule has 2 aromatic rings. The van der Waals surface area contributed by atoms with E-state index in [2.05, 4.69) is 17.3 Å². The maximum absolute atomic E-state index is 13.0. The monoisotopic (exact) mass is 560 g/mol. The summed E-state index contributed by atoms with van der Waals surface area (Å²) in [6, 6.07) is 6.54. The van der Waals surface area contributed by atoms with E-state index in [1.165, 1.54) is 64.2 Å². The van der Waals surface area contributed by atoms with Crippen LogP contribution in [0.4, 0.5) is 0 Å². The van der Waals surface area contributed by atoms with E-state index in [9.17, 15) is 17.8 Å². The van der Waals surface area contributed by atoms with Gasteiger partial charge in [-0.25, -0.2) is 18.1 Å². The minimum atomic E-state index is -4.78. The molecule has 0 fully saturated rings. The zero-order chi connectivity index (χ0) is 26.4. The Balaban J connectivity index is 0.00000684. The first kappa shape index (κ1) is 34.0. The number of benzene rings is 1. The summed E-state index contributed by atoms with van der Waals surface area (Å²) in [5.74, 6) is -0.184. The fourth-order valence-corrected chi connectivity index (χ4v) is 5.47. The molecule has 11 heteroatoms. The summed E-state index contributed by atoms with van der Waals surface area (Å²) in [7, 11) is -4.78. The molecule has 202 valence electrons. The first-order valence-corrected chi connectivity index (χ1v) is 15.2. The summed E-state index contributed by atoms with van der Waals surface area (Å²) >= 11 is 4.85. The van der Waals surface area contributed by atoms with Gasteiger partial charge in [-0.2, -0.15) is 0 Å². The third kappa shape index (κ3) is 12.1. The van der Waals surface area contributed by atoms with Crippen LogP contribution in [-0.2, 0) is 10.1 Å². The Bertz CT molecular complexity index is 1130. The van der Waals surface area contributed by atoms with Crippen LogP contribution in [0.25, 0.3) is 10.9 Å². The molecule has 0 aliphatic rings. The van der Waals surface area contributed by atoms with E-state index < -0.39 is 20.9 Å². The average molecular weight is 561 g/mol. The van der Waals surface area contributed by atoms with Crippen LogP contribution in [-0.4, -0.2) is 27.7 Å². The molecule has 0 aliphatic carbocycles. The third-order valence-corrected chi connectivity index (χ3v) is 7.71. The van der Waals surface area contributed by atoms with Gasteiger partial charge in [0.25, 0.3) is 5.56 Å². The van der Waals surface area contributed by atoms with Crippen LogP contribution in [0.15, 0.2) is 29.1 Å². The second-order valence-electron chi connectivity index (χ2n) is 9.47. The van der Waals surface area contributed by atoms with Gasteiger partial charge in [-0.05, 0) is 30.8 Å². The van der Waals surface area contributed by atoms with E-state index >= 15 is 0 Å². The molecular formula is C26H41N4NaO4S2. The molecule has 1 unspecified atom stereocenters. The number of nitrogens with two attached hydrogens (primary N) is 1. The molecule has 1 aromatic carbocycles. The summed E-state index contributed by atoms with van der Waals surface area (Å²) in [6.07, 6.45) is 16.5. The number of hydrogen-bond donors (Lipinski definition) is 2. The van der Waals surface area contributed by atoms with E-state index in [0.717, 1.165) is 23.9 Å². The number of aromatic nitrogens is 2. The molecular weight excluding hydrogens is 519 g/mol. The number of unbranched alkanes of at least 4 members (excludes halogenated alkanes) is 13. The van der Waals surface area contributed by atoms with Crippen molar-refractivity contribution in [3.05, 3.63) is 40.4 Å². The largest absolute Gasteiger partial charge is 1.00 e. The Morgan fingerprint density at radius 3 is 1.95 bits per heavy atom. The fraction of sp³-hybridized carbons (Fsp3) is 0.654. The van der Waals surface area contributed by atoms with Crippen molar-refractivity contribution < 1.29 is 42.5 Å². The molecule has 1 heterocycles. The third-order valence-electron chi connectivity index (χ3n) is 6.48. The van der Waals surface area contributed by atoms with Gasteiger partial charge in [0.2, 0.25) is 0 Å². The Morgan fingerprint density at radius 1 is 0.973 bits per heavy atom. The van der Waals surface area contributed by atoms with Crippen LogP contribution < -0.4 is 46.3 Å². The van der Waals surface area contributed by atoms with E-state index in [4.69, 9.17) is 18.0 Å². The summed E-state index contributed by atoms with van der Waals surface area (Å²) in [4.78, 5) is 17.3. The number of para-hydroxylation sites is 1. The quantitative estimate of drug-likeness (QED) is 0.123. The fourth-order valence-electron chi connectivity index (χ4n) is 4.51. The molecule has 37 heavy (non-hydrogen) atoms. The van der Waals surface area contributed by atoms with Crippen molar-refractivity contribution in [3.63, 3.8) is 0 Å². The molecule has 0 saturated heterocycles. The molecule has 0 saturated carbocycles. The van der Waals surface area contributed by atoms with Gasteiger partial charge in [0, 0.05) is 0 Å². The van der Waals surface area contributed by atoms with Crippen LogP contribution >= 0.6 is 12.2 Å². The topological polar surface area (TPSA) is 130 Å². The molecule has 1 aromatic heterocycles. The van der Waals surface area contributed by atoms with Gasteiger partial charge in [-0.1, -0.05) is 109 Å². The first-order valence-electron chi connectivity index (χ1n) is 13.3. The minimum Gasteiger partial charge on any atom is -0.747 e. The molecule has 0 bridgehead atoms. The summed E-state index contributed by atoms with van der Waals surface area (Å²) in [5.41, 5.74) is 7.79. The van der Waals surface area contributed by atoms with Gasteiger partial charge in [0.1, 0.15) is 21.2 Å². The van der Waals surface area contributed by atoms with Crippen molar-refractivity contribution in [3.8, 4) is 0 Å². The predicted octanol–water partition coefficient (Wildman–Crippen LogP) is 2.65. The molecule has 0 aliphatic heterocycles. The van der Waals surface area contributed by atoms with Gasteiger partial charge in [0.15, 0.2) is 5.11 Å². The number of fused-ring (bicyclic) bond motifs is 1. The molecule has 0 amide bonds. The standard InChI is InChI=1S/C26H42N4O4S2.Na/c1-2-3-4-5-6-7-8-9-10-11-12-13-14-15-20-23(36(32,33)34)24-28-22-19-17-16-18-21(22)25(31)30(24)29-26(27)35;/h16-19,23H,2-15,20H2,1H3,(H3,27,29,35)(H,32,33,34);/q;+1/p-1. The second-order valence-corrected chi connectivity index (χ2v) is 11.5. The maximum Gasteiger partial charge on any atom is 1.00 e. The van der Waals surface area contributed by atoms with Crippen LogP contribution in [0.2, 0.25) is 0 Å². The number of hydrogen-bond acceptors (Lipinski definition) is 6. The smallest absolute Gasteiger partial charge is 0.747 e. The van der Waals surface area contributed by atoms with Crippen LogP contribution in [0.1, 0.15) is 114 Å². The molecule has 2 rings (SSSR count). The van der Waals surface area contributed by atoms with E-state index in [-0.39, 0.29) is 52.3 Å². The normalized spacial score (nSPS) is 12.3. The van der Waals surface area contributed by atoms with Crippen LogP contribution in [0, 0.1) is 0 Å². The van der Waals surface area contributed by atoms with E-state index in [1.807, 2.05) is 0 Å². The van der Waals surface area contributed by atoms with Gasteiger partial charge in [-0.3, -0.25) is 10.2 Å². The van der Waals surface area contributed by atoms with E-state index in [1.54, 1.807) is 24.3 Å². The molecule has 8 nitrogen and oxygen atoms in total. The average Bonchev–Trinajstić information content (AvgIpc) is 2.82. The molecule has 0 spiro atoms. The zero-order valence-electron chi connectivity index (χ0n) is 22.4. The van der Waals surface area contributed by atoms with Crippen LogP contribution in [0.5, 0.6) is 0 Å². The van der Waals surface area contributed by atoms with Crippen molar-refractivity contribution in [1.29, 1.82) is 0 Å². The predicted molar refractivity (Wildman–Crippen MR) is 150 cm³/mol. The summed E-state index contributed by atoms with van der Waals surface area (Å²) < 4.78 is 37.4. The van der Waals surface area contributed by atoms with Gasteiger partial charge in [0.05, 0.1) is 10.9 Å². The van der Waals surface area contributed by atoms with Crippen molar-refractivity contribution in [2.24, 2.45) is 5.73 Å². The van der Waals surface area contributed by atoms with Crippen LogP contribution in [0.3, 0.4) is 0 Å². The van der Waals surface area contributed by atoms with E-state index in [0.29, 0.717) is 11.9 Å². The molecule has 1 atom stereocenters. The van der Waals surface area contributed by atoms with Gasteiger partial charge >= 0.3 is 29.6 Å². The Labute approximate surface area is 249 Å².